The summed E-state index contributed by atoms with van der Waals surface area (Å²) in [5.41, 5.74) is 1.99. The molecule has 2 aromatic carbocycles. The Labute approximate surface area is 205 Å². The van der Waals surface area contributed by atoms with Gasteiger partial charge in [-0.05, 0) is 57.3 Å². The topological polar surface area (TPSA) is 65.1 Å². The predicted octanol–water partition coefficient (Wildman–Crippen LogP) is 4.85. The fourth-order valence-electron chi connectivity index (χ4n) is 4.00. The molecule has 1 aliphatic heterocycles. The monoisotopic (exact) mass is 484 g/mol. The fourth-order valence-corrected chi connectivity index (χ4v) is 4.18. The molecule has 0 spiro atoms. The fraction of sp³-hybridized carbons (Fsp3) is 0.440. The number of piperazine rings is 1. The van der Waals surface area contributed by atoms with Crippen molar-refractivity contribution in [1.29, 1.82) is 0 Å². The lowest BCUT2D eigenvalue weighted by Gasteiger charge is -2.35. The quantitative estimate of drug-likeness (QED) is 0.379. The second-order valence-electron chi connectivity index (χ2n) is 7.86. The largest absolute Gasteiger partial charge is 0.490 e. The highest BCUT2D eigenvalue weighted by atomic mass is 32.1. The normalized spacial score (nSPS) is 14.3. The van der Waals surface area contributed by atoms with E-state index in [2.05, 4.69) is 39.2 Å². The Balaban J connectivity index is 1.51. The molecule has 34 heavy (non-hydrogen) atoms. The number of ether oxygens (including phenoxy) is 3. The Kier molecular flexibility index (Phi) is 8.08. The Morgan fingerprint density at radius 2 is 1.50 bits per heavy atom. The van der Waals surface area contributed by atoms with E-state index in [9.17, 15) is 0 Å². The third-order valence-electron chi connectivity index (χ3n) is 5.59. The van der Waals surface area contributed by atoms with Crippen molar-refractivity contribution >= 4 is 17.9 Å². The highest BCUT2D eigenvalue weighted by Crippen LogP contribution is 2.41. The van der Waals surface area contributed by atoms with Crippen LogP contribution >= 0.6 is 12.2 Å². The van der Waals surface area contributed by atoms with Crippen LogP contribution in [-0.2, 0) is 6.67 Å². The van der Waals surface area contributed by atoms with Gasteiger partial charge < -0.3 is 23.5 Å². The first kappa shape index (κ1) is 24.1. The van der Waals surface area contributed by atoms with Crippen molar-refractivity contribution in [2.45, 2.75) is 27.4 Å². The number of rotatable bonds is 10. The molecule has 9 heteroatoms. The van der Waals surface area contributed by atoms with Crippen LogP contribution in [0, 0.1) is 4.84 Å². The second-order valence-corrected chi connectivity index (χ2v) is 8.20. The molecule has 0 aliphatic carbocycles. The minimum absolute atomic E-state index is 0.338. The Morgan fingerprint density at radius 3 is 2.09 bits per heavy atom. The van der Waals surface area contributed by atoms with E-state index in [1.165, 1.54) is 5.69 Å². The van der Waals surface area contributed by atoms with E-state index in [1.54, 1.807) is 4.68 Å². The summed E-state index contributed by atoms with van der Waals surface area (Å²) in [6.45, 7) is 11.6. The maximum absolute atomic E-state index is 5.88. The SMILES string of the molecule is CCOc1cc(-c2nn(CN3CCN(c4ccccc4)CC3)c(=S)o2)cc(OCC)c1OCC. The molecule has 4 rings (SSSR count). The lowest BCUT2D eigenvalue weighted by atomic mass is 10.2. The van der Waals surface area contributed by atoms with Crippen LogP contribution in [0.1, 0.15) is 20.8 Å². The van der Waals surface area contributed by atoms with Gasteiger partial charge in [0.2, 0.25) is 11.6 Å². The van der Waals surface area contributed by atoms with Gasteiger partial charge >= 0.3 is 0 Å². The Hall–Kier alpha value is -3.04. The third-order valence-corrected chi connectivity index (χ3v) is 5.88. The zero-order chi connectivity index (χ0) is 23.9. The zero-order valence-corrected chi connectivity index (χ0v) is 20.8. The van der Waals surface area contributed by atoms with Gasteiger partial charge in [0.05, 0.1) is 26.5 Å². The van der Waals surface area contributed by atoms with Crippen molar-refractivity contribution in [2.24, 2.45) is 0 Å². The molecule has 1 aliphatic rings. The van der Waals surface area contributed by atoms with E-state index in [4.69, 9.17) is 30.8 Å². The summed E-state index contributed by atoms with van der Waals surface area (Å²) >= 11 is 5.49. The predicted molar refractivity (Wildman–Crippen MR) is 134 cm³/mol. The van der Waals surface area contributed by atoms with Gasteiger partial charge in [0, 0.05) is 37.4 Å². The van der Waals surface area contributed by atoms with Crippen LogP contribution in [-0.4, -0.2) is 60.7 Å². The van der Waals surface area contributed by atoms with E-state index in [1.807, 2.05) is 39.0 Å². The lowest BCUT2D eigenvalue weighted by molar-refractivity contribution is 0.192. The molecule has 0 unspecified atom stereocenters. The van der Waals surface area contributed by atoms with Crippen molar-refractivity contribution in [3.8, 4) is 28.7 Å². The number of hydrogen-bond donors (Lipinski definition) is 0. The molecule has 0 N–H and O–H groups in total. The van der Waals surface area contributed by atoms with Crippen LogP contribution in [0.3, 0.4) is 0 Å². The van der Waals surface area contributed by atoms with Crippen molar-refractivity contribution in [3.63, 3.8) is 0 Å². The molecule has 1 fully saturated rings. The van der Waals surface area contributed by atoms with Gasteiger partial charge in [-0.1, -0.05) is 18.2 Å². The van der Waals surface area contributed by atoms with Crippen LogP contribution in [0.4, 0.5) is 5.69 Å². The highest BCUT2D eigenvalue weighted by Gasteiger charge is 2.21. The van der Waals surface area contributed by atoms with Gasteiger partial charge in [0.15, 0.2) is 11.5 Å². The Morgan fingerprint density at radius 1 is 0.882 bits per heavy atom. The van der Waals surface area contributed by atoms with Crippen molar-refractivity contribution in [1.82, 2.24) is 14.7 Å². The number of benzene rings is 2. The third kappa shape index (κ3) is 5.53. The van der Waals surface area contributed by atoms with E-state index >= 15 is 0 Å². The molecule has 0 bridgehead atoms. The van der Waals surface area contributed by atoms with E-state index in [0.717, 1.165) is 31.7 Å². The number of anilines is 1. The molecular weight excluding hydrogens is 452 g/mol. The molecular formula is C25H32N4O4S. The molecule has 3 aromatic rings. The van der Waals surface area contributed by atoms with Crippen LogP contribution < -0.4 is 19.1 Å². The molecule has 0 radical (unpaired) electrons. The maximum atomic E-state index is 5.88. The number of para-hydroxylation sites is 1. The van der Waals surface area contributed by atoms with Gasteiger partial charge in [-0.15, -0.1) is 5.10 Å². The van der Waals surface area contributed by atoms with Crippen LogP contribution in [0.25, 0.3) is 11.5 Å². The first-order valence-corrected chi connectivity index (χ1v) is 12.2. The number of aromatic nitrogens is 2. The summed E-state index contributed by atoms with van der Waals surface area (Å²) in [5, 5.41) is 4.67. The van der Waals surface area contributed by atoms with Gasteiger partial charge in [-0.25, -0.2) is 4.68 Å². The average Bonchev–Trinajstić information content (AvgIpc) is 3.22. The molecule has 1 saturated heterocycles. The summed E-state index contributed by atoms with van der Waals surface area (Å²) in [4.78, 5) is 5.07. The Bertz CT molecular complexity index is 1100. The van der Waals surface area contributed by atoms with Crippen LogP contribution in [0.5, 0.6) is 17.2 Å². The van der Waals surface area contributed by atoms with Crippen molar-refractivity contribution in [2.75, 3.05) is 50.9 Å². The summed E-state index contributed by atoms with van der Waals surface area (Å²) in [7, 11) is 0. The van der Waals surface area contributed by atoms with E-state index < -0.39 is 0 Å². The van der Waals surface area contributed by atoms with Crippen molar-refractivity contribution in [3.05, 3.63) is 47.3 Å². The van der Waals surface area contributed by atoms with E-state index in [0.29, 0.717) is 54.5 Å². The molecule has 0 saturated carbocycles. The summed E-state index contributed by atoms with van der Waals surface area (Å²) in [6.07, 6.45) is 0. The average molecular weight is 485 g/mol. The minimum Gasteiger partial charge on any atom is -0.490 e. The summed E-state index contributed by atoms with van der Waals surface area (Å²) in [5.74, 6) is 2.21. The highest BCUT2D eigenvalue weighted by molar-refractivity contribution is 7.71. The van der Waals surface area contributed by atoms with Gasteiger partial charge in [-0.3, -0.25) is 4.90 Å². The second kappa shape index (κ2) is 11.4. The van der Waals surface area contributed by atoms with Gasteiger partial charge in [0.25, 0.3) is 4.84 Å². The number of nitrogens with zero attached hydrogens (tertiary/aromatic N) is 4. The van der Waals surface area contributed by atoms with Gasteiger partial charge in [-0.2, -0.15) is 0 Å². The molecule has 0 amide bonds. The van der Waals surface area contributed by atoms with Crippen LogP contribution in [0.2, 0.25) is 0 Å². The summed E-state index contributed by atoms with van der Waals surface area (Å²) in [6, 6.07) is 14.2. The van der Waals surface area contributed by atoms with Crippen LogP contribution in [0.15, 0.2) is 46.9 Å². The lowest BCUT2D eigenvalue weighted by Crippen LogP contribution is -2.46. The first-order chi connectivity index (χ1) is 16.6. The van der Waals surface area contributed by atoms with Gasteiger partial charge in [0.1, 0.15) is 0 Å². The number of hydrogen-bond acceptors (Lipinski definition) is 8. The zero-order valence-electron chi connectivity index (χ0n) is 20.0. The minimum atomic E-state index is 0.338. The van der Waals surface area contributed by atoms with E-state index in [-0.39, 0.29) is 0 Å². The molecule has 8 nitrogen and oxygen atoms in total. The van der Waals surface area contributed by atoms with Crippen molar-refractivity contribution < 1.29 is 18.6 Å². The molecule has 182 valence electrons. The standard InChI is InChI=1S/C25H32N4O4S/c1-4-30-21-16-19(17-22(31-5-2)23(21)32-6-3)24-26-29(25(34)33-24)18-27-12-14-28(15-13-27)20-10-8-7-9-11-20/h7-11,16-17H,4-6,12-15,18H2,1-3H3. The smallest absolute Gasteiger partial charge is 0.288 e. The molecule has 2 heterocycles. The summed E-state index contributed by atoms with van der Waals surface area (Å²) < 4.78 is 25.1. The maximum Gasteiger partial charge on any atom is 0.288 e. The molecule has 1 aromatic heterocycles. The molecule has 0 atom stereocenters. The first-order valence-electron chi connectivity index (χ1n) is 11.8.